The first kappa shape index (κ1) is 23.6. The second-order valence-corrected chi connectivity index (χ2v) is 11.3. The quantitative estimate of drug-likeness (QED) is 0.213. The van der Waals surface area contributed by atoms with Crippen LogP contribution in [-0.4, -0.2) is 15.0 Å². The summed E-state index contributed by atoms with van der Waals surface area (Å²) in [6.45, 7) is 0. The SMILES string of the molecule is Clc1nc(-c2ccccc2)nc(-c2ccc3c(c2)C2(c4ccccc4-c4ccccc42)c2cc4ccccc4cc2-3)n1. The third kappa shape index (κ3) is 3.14. The van der Waals surface area contributed by atoms with Crippen molar-refractivity contribution in [1.82, 2.24) is 15.0 Å². The minimum atomic E-state index is -0.461. The predicted octanol–water partition coefficient (Wildman–Crippen LogP) is 9.36. The highest BCUT2D eigenvalue weighted by atomic mass is 35.5. The van der Waals surface area contributed by atoms with Crippen LogP contribution in [0.15, 0.2) is 133 Å². The average molecular weight is 556 g/mol. The third-order valence-electron chi connectivity index (χ3n) is 8.85. The molecule has 2 aliphatic carbocycles. The lowest BCUT2D eigenvalue weighted by molar-refractivity contribution is 0.795. The molecule has 1 heterocycles. The highest BCUT2D eigenvalue weighted by Gasteiger charge is 2.51. The van der Waals surface area contributed by atoms with E-state index in [1.807, 2.05) is 30.3 Å². The van der Waals surface area contributed by atoms with Crippen LogP contribution in [0.1, 0.15) is 22.3 Å². The van der Waals surface area contributed by atoms with E-state index in [0.717, 1.165) is 11.1 Å². The molecule has 0 saturated heterocycles. The summed E-state index contributed by atoms with van der Waals surface area (Å²) < 4.78 is 0. The first-order valence-electron chi connectivity index (χ1n) is 14.1. The van der Waals surface area contributed by atoms with Gasteiger partial charge >= 0.3 is 0 Å². The molecule has 0 N–H and O–H groups in total. The minimum Gasteiger partial charge on any atom is -0.208 e. The molecule has 196 valence electrons. The number of hydrogen-bond donors (Lipinski definition) is 0. The summed E-state index contributed by atoms with van der Waals surface area (Å²) in [5.74, 6) is 1.12. The number of rotatable bonds is 2. The van der Waals surface area contributed by atoms with Gasteiger partial charge in [0, 0.05) is 11.1 Å². The van der Waals surface area contributed by atoms with Crippen molar-refractivity contribution in [1.29, 1.82) is 0 Å². The van der Waals surface area contributed by atoms with Crippen molar-refractivity contribution < 1.29 is 0 Å². The normalized spacial score (nSPS) is 13.5. The molecule has 9 rings (SSSR count). The molecule has 2 aliphatic rings. The second kappa shape index (κ2) is 8.69. The third-order valence-corrected chi connectivity index (χ3v) is 9.02. The Bertz CT molecular complexity index is 2180. The molecule has 6 aromatic carbocycles. The van der Waals surface area contributed by atoms with E-state index in [1.54, 1.807) is 0 Å². The summed E-state index contributed by atoms with van der Waals surface area (Å²) in [5.41, 5.74) is 11.6. The summed E-state index contributed by atoms with van der Waals surface area (Å²) in [7, 11) is 0. The van der Waals surface area contributed by atoms with E-state index in [-0.39, 0.29) is 5.28 Å². The Kier molecular flexibility index (Phi) is 4.88. The maximum absolute atomic E-state index is 6.49. The topological polar surface area (TPSA) is 38.7 Å². The Balaban J connectivity index is 1.36. The Labute approximate surface area is 248 Å². The van der Waals surface area contributed by atoms with Crippen LogP contribution in [0.4, 0.5) is 0 Å². The second-order valence-electron chi connectivity index (χ2n) is 11.0. The fraction of sp³-hybridized carbons (Fsp3) is 0.0263. The molecule has 0 bridgehead atoms. The van der Waals surface area contributed by atoms with Crippen LogP contribution >= 0.6 is 11.6 Å². The molecule has 0 aliphatic heterocycles. The van der Waals surface area contributed by atoms with Crippen molar-refractivity contribution in [2.45, 2.75) is 5.41 Å². The smallest absolute Gasteiger partial charge is 0.208 e. The molecule has 0 saturated carbocycles. The van der Waals surface area contributed by atoms with Crippen LogP contribution in [0.3, 0.4) is 0 Å². The molecular formula is C38H22ClN3. The largest absolute Gasteiger partial charge is 0.226 e. The van der Waals surface area contributed by atoms with Gasteiger partial charge in [-0.25, -0.2) is 4.98 Å². The van der Waals surface area contributed by atoms with Gasteiger partial charge in [0.25, 0.3) is 0 Å². The molecular weight excluding hydrogens is 534 g/mol. The van der Waals surface area contributed by atoms with E-state index in [9.17, 15) is 0 Å². The summed E-state index contributed by atoms with van der Waals surface area (Å²) >= 11 is 6.49. The number of hydrogen-bond acceptors (Lipinski definition) is 3. The Hall–Kier alpha value is -5.12. The van der Waals surface area contributed by atoms with E-state index in [1.165, 1.54) is 55.3 Å². The summed E-state index contributed by atoms with van der Waals surface area (Å²) in [5, 5.41) is 2.65. The number of benzene rings is 6. The zero-order chi connectivity index (χ0) is 27.8. The maximum Gasteiger partial charge on any atom is 0.226 e. The van der Waals surface area contributed by atoms with Gasteiger partial charge in [0.15, 0.2) is 11.6 Å². The Morgan fingerprint density at radius 2 is 0.952 bits per heavy atom. The number of halogens is 1. The maximum atomic E-state index is 6.49. The monoisotopic (exact) mass is 555 g/mol. The molecule has 0 unspecified atom stereocenters. The highest BCUT2D eigenvalue weighted by Crippen LogP contribution is 2.63. The van der Waals surface area contributed by atoms with E-state index >= 15 is 0 Å². The first-order chi connectivity index (χ1) is 20.7. The summed E-state index contributed by atoms with van der Waals surface area (Å²) in [6.07, 6.45) is 0. The Morgan fingerprint density at radius 1 is 0.405 bits per heavy atom. The molecule has 1 aromatic heterocycles. The first-order valence-corrected chi connectivity index (χ1v) is 14.4. The standard InChI is InChI=1S/C38H22ClN3/c39-37-41-35(23-10-2-1-3-11-23)40-36(42-37)26-18-19-29-30-20-24-12-4-5-13-25(24)21-34(30)38(33(29)22-26)31-16-8-6-14-27(31)28-15-7-9-17-32(28)38/h1-22H. The van der Waals surface area contributed by atoms with Gasteiger partial charge < -0.3 is 0 Å². The molecule has 42 heavy (non-hydrogen) atoms. The zero-order valence-electron chi connectivity index (χ0n) is 22.4. The molecule has 3 nitrogen and oxygen atoms in total. The van der Waals surface area contributed by atoms with Crippen LogP contribution in [0.25, 0.3) is 55.8 Å². The lowest BCUT2D eigenvalue weighted by Crippen LogP contribution is -2.26. The molecule has 4 heteroatoms. The van der Waals surface area contributed by atoms with E-state index in [4.69, 9.17) is 16.6 Å². The lowest BCUT2D eigenvalue weighted by Gasteiger charge is -2.30. The molecule has 0 fully saturated rings. The summed E-state index contributed by atoms with van der Waals surface area (Å²) in [4.78, 5) is 13.9. The van der Waals surface area contributed by atoms with Gasteiger partial charge in [-0.1, -0.05) is 115 Å². The predicted molar refractivity (Wildman–Crippen MR) is 170 cm³/mol. The number of nitrogens with zero attached hydrogens (tertiary/aromatic N) is 3. The number of aromatic nitrogens is 3. The zero-order valence-corrected chi connectivity index (χ0v) is 23.2. The molecule has 1 spiro atoms. The van der Waals surface area contributed by atoms with Gasteiger partial charge in [0.1, 0.15) is 0 Å². The minimum absolute atomic E-state index is 0.181. The van der Waals surface area contributed by atoms with Gasteiger partial charge in [-0.05, 0) is 85.1 Å². The van der Waals surface area contributed by atoms with Gasteiger partial charge in [0.2, 0.25) is 5.28 Å². The molecule has 7 aromatic rings. The lowest BCUT2D eigenvalue weighted by atomic mass is 9.70. The van der Waals surface area contributed by atoms with Crippen molar-refractivity contribution in [2.75, 3.05) is 0 Å². The molecule has 0 atom stereocenters. The van der Waals surface area contributed by atoms with E-state index in [0.29, 0.717) is 11.6 Å². The van der Waals surface area contributed by atoms with Crippen molar-refractivity contribution in [3.8, 4) is 45.0 Å². The van der Waals surface area contributed by atoms with Crippen LogP contribution in [-0.2, 0) is 5.41 Å². The van der Waals surface area contributed by atoms with Crippen LogP contribution < -0.4 is 0 Å². The van der Waals surface area contributed by atoms with Gasteiger partial charge in [-0.15, -0.1) is 0 Å². The fourth-order valence-corrected chi connectivity index (χ4v) is 7.32. The van der Waals surface area contributed by atoms with Gasteiger partial charge in [0.05, 0.1) is 5.41 Å². The van der Waals surface area contributed by atoms with Crippen molar-refractivity contribution in [3.05, 3.63) is 161 Å². The van der Waals surface area contributed by atoms with Crippen molar-refractivity contribution >= 4 is 22.4 Å². The fourth-order valence-electron chi connectivity index (χ4n) is 7.16. The van der Waals surface area contributed by atoms with Crippen LogP contribution in [0.5, 0.6) is 0 Å². The van der Waals surface area contributed by atoms with E-state index in [2.05, 4.69) is 113 Å². The van der Waals surface area contributed by atoms with Crippen molar-refractivity contribution in [2.24, 2.45) is 0 Å². The van der Waals surface area contributed by atoms with Crippen LogP contribution in [0, 0.1) is 0 Å². The molecule has 0 amide bonds. The average Bonchev–Trinajstić information content (AvgIpc) is 3.50. The van der Waals surface area contributed by atoms with Crippen molar-refractivity contribution in [3.63, 3.8) is 0 Å². The number of fused-ring (bicyclic) bond motifs is 11. The van der Waals surface area contributed by atoms with E-state index < -0.39 is 5.41 Å². The van der Waals surface area contributed by atoms with Crippen LogP contribution in [0.2, 0.25) is 5.28 Å². The van der Waals surface area contributed by atoms with Gasteiger partial charge in [-0.3, -0.25) is 0 Å². The molecule has 0 radical (unpaired) electrons. The summed E-state index contributed by atoms with van der Waals surface area (Å²) in [6, 6.07) is 47.6. The van der Waals surface area contributed by atoms with Gasteiger partial charge in [-0.2, -0.15) is 9.97 Å². The highest BCUT2D eigenvalue weighted by molar-refractivity contribution is 6.28. The Morgan fingerprint density at radius 3 is 1.67 bits per heavy atom.